The number of aliphatic carboxylic acids is 1. The molecule has 3 heterocycles. The topological polar surface area (TPSA) is 89.5 Å². The van der Waals surface area contributed by atoms with E-state index in [0.29, 0.717) is 11.4 Å². The number of carbonyl (C=O) groups is 1. The summed E-state index contributed by atoms with van der Waals surface area (Å²) in [7, 11) is 0. The van der Waals surface area contributed by atoms with Crippen molar-refractivity contribution in [3.63, 3.8) is 0 Å². The second-order valence-electron chi connectivity index (χ2n) is 6.88. The lowest BCUT2D eigenvalue weighted by Gasteiger charge is -2.09. The number of nitrogens with zero attached hydrogens (tertiary/aromatic N) is 4. The largest absolute Gasteiger partial charge is 0.480 e. The number of aromatic nitrogens is 4. The van der Waals surface area contributed by atoms with Gasteiger partial charge >= 0.3 is 5.97 Å². The zero-order valence-electron chi connectivity index (χ0n) is 16.2. The Balaban J connectivity index is 1.98. The van der Waals surface area contributed by atoms with Crippen molar-refractivity contribution in [3.05, 3.63) is 76.2 Å². The molecule has 3 aromatic heterocycles. The molecular formula is C22H20N4O3. The Morgan fingerprint density at radius 3 is 2.48 bits per heavy atom. The zero-order chi connectivity index (χ0) is 20.5. The van der Waals surface area contributed by atoms with Crippen LogP contribution in [0.3, 0.4) is 0 Å². The van der Waals surface area contributed by atoms with E-state index in [1.807, 2.05) is 25.1 Å². The number of hydrogen-bond donors (Lipinski definition) is 1. The van der Waals surface area contributed by atoms with Gasteiger partial charge in [-0.05, 0) is 48.7 Å². The minimum Gasteiger partial charge on any atom is -0.480 e. The van der Waals surface area contributed by atoms with Gasteiger partial charge in [-0.2, -0.15) is 10.2 Å². The summed E-state index contributed by atoms with van der Waals surface area (Å²) in [5.74, 6) is -1.12. The van der Waals surface area contributed by atoms with E-state index in [9.17, 15) is 9.59 Å². The van der Waals surface area contributed by atoms with Crippen molar-refractivity contribution < 1.29 is 9.90 Å². The molecule has 0 saturated carbocycles. The fourth-order valence-corrected chi connectivity index (χ4v) is 3.35. The van der Waals surface area contributed by atoms with Crippen molar-refractivity contribution >= 4 is 11.5 Å². The van der Waals surface area contributed by atoms with E-state index in [1.165, 1.54) is 11.6 Å². The summed E-state index contributed by atoms with van der Waals surface area (Å²) >= 11 is 0. The van der Waals surface area contributed by atoms with Gasteiger partial charge in [-0.15, -0.1) is 0 Å². The van der Waals surface area contributed by atoms with Gasteiger partial charge < -0.3 is 5.11 Å². The van der Waals surface area contributed by atoms with Crippen LogP contribution in [0.25, 0.3) is 28.0 Å². The average Bonchev–Trinajstić information content (AvgIpc) is 3.08. The highest BCUT2D eigenvalue weighted by Crippen LogP contribution is 2.34. The molecule has 0 spiro atoms. The molecule has 146 valence electrons. The maximum Gasteiger partial charge on any atom is 0.325 e. The second-order valence-corrected chi connectivity index (χ2v) is 6.88. The van der Waals surface area contributed by atoms with Crippen LogP contribution in [0.2, 0.25) is 0 Å². The fourth-order valence-electron chi connectivity index (χ4n) is 3.35. The Labute approximate surface area is 166 Å². The van der Waals surface area contributed by atoms with Crippen molar-refractivity contribution in [2.75, 3.05) is 0 Å². The summed E-state index contributed by atoms with van der Waals surface area (Å²) in [6, 6.07) is 17.1. The zero-order valence-corrected chi connectivity index (χ0v) is 16.2. The van der Waals surface area contributed by atoms with Gasteiger partial charge in [-0.25, -0.2) is 9.20 Å². The molecule has 0 unspecified atom stereocenters. The van der Waals surface area contributed by atoms with Crippen LogP contribution in [0, 0.1) is 6.92 Å². The van der Waals surface area contributed by atoms with Gasteiger partial charge in [0.15, 0.2) is 0 Å². The third-order valence-electron chi connectivity index (χ3n) is 4.82. The van der Waals surface area contributed by atoms with Crippen molar-refractivity contribution in [3.8, 4) is 22.5 Å². The van der Waals surface area contributed by atoms with Crippen LogP contribution in [0.15, 0.2) is 59.4 Å². The van der Waals surface area contributed by atoms with E-state index >= 15 is 0 Å². The molecule has 0 atom stereocenters. The van der Waals surface area contributed by atoms with Crippen LogP contribution in [0.5, 0.6) is 0 Å². The summed E-state index contributed by atoms with van der Waals surface area (Å²) in [5, 5.41) is 18.0. The van der Waals surface area contributed by atoms with Crippen LogP contribution >= 0.6 is 0 Å². The Hall–Kier alpha value is -3.74. The van der Waals surface area contributed by atoms with Crippen LogP contribution < -0.4 is 5.56 Å². The minimum atomic E-state index is -1.12. The normalized spacial score (nSPS) is 11.1. The third kappa shape index (κ3) is 3.54. The fraction of sp³-hybridized carbons (Fsp3) is 0.182. The lowest BCUT2D eigenvalue weighted by atomic mass is 10.0. The third-order valence-corrected chi connectivity index (χ3v) is 4.82. The smallest absolute Gasteiger partial charge is 0.325 e. The summed E-state index contributed by atoms with van der Waals surface area (Å²) in [6.45, 7) is 3.51. The van der Waals surface area contributed by atoms with E-state index in [1.54, 1.807) is 10.6 Å². The molecule has 0 aliphatic heterocycles. The highest BCUT2D eigenvalue weighted by Gasteiger charge is 2.18. The molecule has 0 aliphatic rings. The molecular weight excluding hydrogens is 368 g/mol. The van der Waals surface area contributed by atoms with Crippen LogP contribution in [-0.4, -0.2) is 30.5 Å². The van der Waals surface area contributed by atoms with Gasteiger partial charge in [0.05, 0.1) is 11.2 Å². The molecule has 1 aromatic carbocycles. The first-order valence-corrected chi connectivity index (χ1v) is 9.35. The molecule has 0 saturated heterocycles. The Bertz CT molecular complexity index is 1270. The van der Waals surface area contributed by atoms with Crippen LogP contribution in [0.1, 0.15) is 18.2 Å². The van der Waals surface area contributed by atoms with E-state index in [-0.39, 0.29) is 0 Å². The van der Waals surface area contributed by atoms with Gasteiger partial charge in [0.25, 0.3) is 5.56 Å². The van der Waals surface area contributed by atoms with Gasteiger partial charge in [-0.1, -0.05) is 31.2 Å². The Morgan fingerprint density at radius 2 is 1.79 bits per heavy atom. The van der Waals surface area contributed by atoms with Crippen molar-refractivity contribution in [1.29, 1.82) is 0 Å². The molecule has 0 radical (unpaired) electrons. The van der Waals surface area contributed by atoms with Gasteiger partial charge in [-0.3, -0.25) is 9.59 Å². The number of hydrogen-bond acceptors (Lipinski definition) is 4. The molecule has 29 heavy (non-hydrogen) atoms. The molecule has 0 bridgehead atoms. The first kappa shape index (κ1) is 18.6. The second kappa shape index (κ2) is 7.35. The maximum atomic E-state index is 12.0. The monoisotopic (exact) mass is 388 g/mol. The van der Waals surface area contributed by atoms with E-state index < -0.39 is 18.1 Å². The lowest BCUT2D eigenvalue weighted by molar-refractivity contribution is -0.138. The highest BCUT2D eigenvalue weighted by molar-refractivity contribution is 5.85. The number of aryl methyl sites for hydroxylation is 2. The van der Waals surface area contributed by atoms with Crippen LogP contribution in [-0.2, 0) is 17.8 Å². The molecule has 4 rings (SSSR count). The molecule has 1 N–H and O–H groups in total. The molecule has 4 aromatic rings. The van der Waals surface area contributed by atoms with Crippen molar-refractivity contribution in [2.45, 2.75) is 26.8 Å². The average molecular weight is 388 g/mol. The quantitative estimate of drug-likeness (QED) is 0.567. The van der Waals surface area contributed by atoms with Crippen molar-refractivity contribution in [2.24, 2.45) is 0 Å². The Kier molecular flexibility index (Phi) is 4.72. The van der Waals surface area contributed by atoms with Crippen LogP contribution in [0.4, 0.5) is 0 Å². The minimum absolute atomic E-state index is 0.463. The van der Waals surface area contributed by atoms with E-state index in [4.69, 9.17) is 5.11 Å². The summed E-state index contributed by atoms with van der Waals surface area (Å²) in [4.78, 5) is 23.1. The molecule has 0 fully saturated rings. The van der Waals surface area contributed by atoms with Gasteiger partial charge in [0, 0.05) is 11.6 Å². The highest BCUT2D eigenvalue weighted by atomic mass is 16.4. The van der Waals surface area contributed by atoms with Gasteiger partial charge in [0.2, 0.25) is 0 Å². The molecule has 7 heteroatoms. The predicted molar refractivity (Wildman–Crippen MR) is 110 cm³/mol. The number of rotatable bonds is 5. The molecule has 7 nitrogen and oxygen atoms in total. The number of fused-ring (bicyclic) bond motifs is 1. The first-order valence-electron chi connectivity index (χ1n) is 9.35. The molecule has 0 amide bonds. The summed E-state index contributed by atoms with van der Waals surface area (Å²) in [6.07, 6.45) is 0.952. The standard InChI is InChI=1S/C22H20N4O3/c1-3-15-5-7-16(8-6-15)18-12-17-9-4-14(2)23-26(17)22(18)19-10-11-20(27)25(24-19)13-21(28)29/h4-12H,3,13H2,1-2H3,(H,28,29). The number of carboxylic acid groups (broad SMARTS) is 1. The summed E-state index contributed by atoms with van der Waals surface area (Å²) < 4.78 is 2.74. The predicted octanol–water partition coefficient (Wildman–Crippen LogP) is 3.18. The number of carboxylic acids is 1. The number of benzene rings is 1. The lowest BCUT2D eigenvalue weighted by Crippen LogP contribution is -2.26. The Morgan fingerprint density at radius 1 is 1.03 bits per heavy atom. The van der Waals surface area contributed by atoms with E-state index in [0.717, 1.165) is 33.4 Å². The van der Waals surface area contributed by atoms with Crippen molar-refractivity contribution in [1.82, 2.24) is 19.4 Å². The molecule has 0 aliphatic carbocycles. The van der Waals surface area contributed by atoms with E-state index in [2.05, 4.69) is 41.4 Å². The maximum absolute atomic E-state index is 12.0. The van der Waals surface area contributed by atoms with Gasteiger partial charge in [0.1, 0.15) is 17.9 Å². The summed E-state index contributed by atoms with van der Waals surface area (Å²) in [5.41, 5.74) is 5.61. The SMILES string of the molecule is CCc1ccc(-c2cc3ccc(C)nn3c2-c2ccc(=O)n(CC(=O)O)n2)cc1. The first-order chi connectivity index (χ1) is 14.0.